The molecule has 5 heteroatoms. The molecular weight excluding hydrogens is 218 g/mol. The van der Waals surface area contributed by atoms with Gasteiger partial charge in [-0.15, -0.1) is 0 Å². The molecule has 1 aromatic carbocycles. The Balaban J connectivity index is 2.17. The Kier molecular flexibility index (Phi) is 3.01. The summed E-state index contributed by atoms with van der Waals surface area (Å²) in [5.74, 6) is -0.726. The first-order valence-electron chi connectivity index (χ1n) is 5.29. The third kappa shape index (κ3) is 2.57. The maximum atomic E-state index is 11.3. The zero-order valence-electron chi connectivity index (χ0n) is 9.43. The molecule has 0 radical (unpaired) electrons. The van der Waals surface area contributed by atoms with Gasteiger partial charge >= 0.3 is 0 Å². The summed E-state index contributed by atoms with van der Waals surface area (Å²) in [5, 5.41) is 2.53. The lowest BCUT2D eigenvalue weighted by Crippen LogP contribution is -2.52. The number of amides is 2. The van der Waals surface area contributed by atoms with Crippen LogP contribution >= 0.6 is 0 Å². The SMILES string of the molecule is Cc1cccc(CC2=NC(=O)C(N)C(=O)N2)c1. The topological polar surface area (TPSA) is 84.6 Å². The molecule has 0 bridgehead atoms. The van der Waals surface area contributed by atoms with Crippen molar-refractivity contribution < 1.29 is 9.59 Å². The van der Waals surface area contributed by atoms with E-state index in [1.807, 2.05) is 31.2 Å². The van der Waals surface area contributed by atoms with Crippen LogP contribution in [0.15, 0.2) is 29.3 Å². The predicted molar refractivity (Wildman–Crippen MR) is 63.4 cm³/mol. The van der Waals surface area contributed by atoms with Gasteiger partial charge in [-0.25, -0.2) is 0 Å². The number of hydrogen-bond donors (Lipinski definition) is 2. The second kappa shape index (κ2) is 4.47. The molecule has 0 aliphatic carbocycles. The smallest absolute Gasteiger partial charge is 0.273 e. The maximum absolute atomic E-state index is 11.3. The van der Waals surface area contributed by atoms with Crippen LogP contribution in [0.5, 0.6) is 0 Å². The number of aliphatic imine (C=N–C) groups is 1. The van der Waals surface area contributed by atoms with Crippen molar-refractivity contribution in [2.24, 2.45) is 10.7 Å². The molecule has 0 aromatic heterocycles. The number of benzene rings is 1. The van der Waals surface area contributed by atoms with Crippen molar-refractivity contribution in [3.05, 3.63) is 35.4 Å². The van der Waals surface area contributed by atoms with E-state index in [9.17, 15) is 9.59 Å². The Hall–Kier alpha value is -2.01. The molecule has 1 aliphatic heterocycles. The van der Waals surface area contributed by atoms with Gasteiger partial charge in [-0.3, -0.25) is 9.59 Å². The summed E-state index contributed by atoms with van der Waals surface area (Å²) in [6.45, 7) is 1.98. The van der Waals surface area contributed by atoms with Gasteiger partial charge in [0.1, 0.15) is 5.84 Å². The lowest BCUT2D eigenvalue weighted by atomic mass is 10.1. The Morgan fingerprint density at radius 3 is 2.82 bits per heavy atom. The van der Waals surface area contributed by atoms with Crippen molar-refractivity contribution in [3.63, 3.8) is 0 Å². The van der Waals surface area contributed by atoms with Gasteiger partial charge in [0.25, 0.3) is 11.8 Å². The number of rotatable bonds is 2. The quantitative estimate of drug-likeness (QED) is 0.698. The Morgan fingerprint density at radius 2 is 2.18 bits per heavy atom. The van der Waals surface area contributed by atoms with E-state index in [0.717, 1.165) is 11.1 Å². The summed E-state index contributed by atoms with van der Waals surface area (Å²) in [7, 11) is 0. The molecule has 3 N–H and O–H groups in total. The second-order valence-corrected chi connectivity index (χ2v) is 4.03. The normalized spacial score (nSPS) is 19.9. The molecule has 5 nitrogen and oxygen atoms in total. The average Bonchev–Trinajstić information content (AvgIpc) is 2.26. The second-order valence-electron chi connectivity index (χ2n) is 4.03. The highest BCUT2D eigenvalue weighted by Crippen LogP contribution is 2.06. The number of nitrogens with one attached hydrogen (secondary N) is 1. The van der Waals surface area contributed by atoms with Gasteiger partial charge in [-0.1, -0.05) is 29.8 Å². The van der Waals surface area contributed by atoms with E-state index >= 15 is 0 Å². The monoisotopic (exact) mass is 231 g/mol. The van der Waals surface area contributed by atoms with Gasteiger partial charge in [-0.2, -0.15) is 4.99 Å². The molecule has 0 fully saturated rings. The predicted octanol–water partition coefficient (Wildman–Crippen LogP) is -0.0803. The van der Waals surface area contributed by atoms with Gasteiger partial charge in [-0.05, 0) is 12.5 Å². The van der Waals surface area contributed by atoms with Gasteiger partial charge in [0.2, 0.25) is 0 Å². The lowest BCUT2D eigenvalue weighted by Gasteiger charge is -2.17. The van der Waals surface area contributed by atoms with E-state index in [0.29, 0.717) is 12.3 Å². The van der Waals surface area contributed by atoms with E-state index in [4.69, 9.17) is 5.73 Å². The number of carbonyl (C=O) groups is 2. The van der Waals surface area contributed by atoms with E-state index < -0.39 is 17.9 Å². The first-order valence-corrected chi connectivity index (χ1v) is 5.29. The molecule has 1 aromatic rings. The highest BCUT2D eigenvalue weighted by molar-refractivity contribution is 6.18. The zero-order valence-corrected chi connectivity index (χ0v) is 9.43. The summed E-state index contributed by atoms with van der Waals surface area (Å²) in [5.41, 5.74) is 7.44. The Morgan fingerprint density at radius 1 is 1.41 bits per heavy atom. The van der Waals surface area contributed by atoms with Crippen molar-refractivity contribution in [1.29, 1.82) is 0 Å². The first-order chi connectivity index (χ1) is 8.06. The van der Waals surface area contributed by atoms with Crippen LogP contribution in [0.4, 0.5) is 0 Å². The summed E-state index contributed by atoms with van der Waals surface area (Å²) >= 11 is 0. The first kappa shape index (κ1) is 11.5. The summed E-state index contributed by atoms with van der Waals surface area (Å²) in [4.78, 5) is 26.4. The number of aryl methyl sites for hydroxylation is 1. The van der Waals surface area contributed by atoms with Crippen LogP contribution in [-0.4, -0.2) is 23.7 Å². The molecule has 0 saturated heterocycles. The molecule has 0 saturated carbocycles. The molecule has 2 rings (SSSR count). The van der Waals surface area contributed by atoms with Crippen LogP contribution in [0.1, 0.15) is 11.1 Å². The van der Waals surface area contributed by atoms with Crippen molar-refractivity contribution in [2.75, 3.05) is 0 Å². The molecular formula is C12H13N3O2. The van der Waals surface area contributed by atoms with E-state index in [-0.39, 0.29) is 0 Å². The number of hydrogen-bond acceptors (Lipinski definition) is 3. The summed E-state index contributed by atoms with van der Waals surface area (Å²) in [6.07, 6.45) is 0.423. The fourth-order valence-corrected chi connectivity index (χ4v) is 1.66. The zero-order chi connectivity index (χ0) is 12.4. The van der Waals surface area contributed by atoms with Gasteiger partial charge in [0, 0.05) is 6.42 Å². The fourth-order valence-electron chi connectivity index (χ4n) is 1.66. The highest BCUT2D eigenvalue weighted by Gasteiger charge is 2.27. The summed E-state index contributed by atoms with van der Waals surface area (Å²) in [6, 6.07) is 6.63. The van der Waals surface area contributed by atoms with E-state index in [1.165, 1.54) is 0 Å². The number of amidine groups is 1. The van der Waals surface area contributed by atoms with Crippen LogP contribution in [0.25, 0.3) is 0 Å². The van der Waals surface area contributed by atoms with Crippen molar-refractivity contribution in [1.82, 2.24) is 5.32 Å². The van der Waals surface area contributed by atoms with Crippen molar-refractivity contribution in [3.8, 4) is 0 Å². The van der Waals surface area contributed by atoms with Crippen molar-refractivity contribution in [2.45, 2.75) is 19.4 Å². The average molecular weight is 231 g/mol. The molecule has 0 spiro atoms. The van der Waals surface area contributed by atoms with Crippen LogP contribution in [0, 0.1) is 6.92 Å². The van der Waals surface area contributed by atoms with Crippen LogP contribution < -0.4 is 11.1 Å². The summed E-state index contributed by atoms with van der Waals surface area (Å²) < 4.78 is 0. The third-order valence-corrected chi connectivity index (χ3v) is 2.52. The highest BCUT2D eigenvalue weighted by atomic mass is 16.2. The van der Waals surface area contributed by atoms with Crippen LogP contribution in [0.2, 0.25) is 0 Å². The number of carbonyl (C=O) groups excluding carboxylic acids is 2. The lowest BCUT2D eigenvalue weighted by molar-refractivity contribution is -0.129. The Labute approximate surface area is 98.7 Å². The Bertz CT molecular complexity index is 508. The molecule has 1 heterocycles. The minimum absolute atomic E-state index is 0.354. The van der Waals surface area contributed by atoms with Gasteiger partial charge in [0.15, 0.2) is 6.04 Å². The van der Waals surface area contributed by atoms with Gasteiger partial charge in [0.05, 0.1) is 0 Å². The number of nitrogens with two attached hydrogens (primary N) is 1. The largest absolute Gasteiger partial charge is 0.312 e. The molecule has 1 atom stereocenters. The van der Waals surface area contributed by atoms with Crippen LogP contribution in [0.3, 0.4) is 0 Å². The molecule has 17 heavy (non-hydrogen) atoms. The van der Waals surface area contributed by atoms with Crippen LogP contribution in [-0.2, 0) is 16.0 Å². The minimum Gasteiger partial charge on any atom is -0.312 e. The molecule has 1 unspecified atom stereocenters. The molecule has 88 valence electrons. The van der Waals surface area contributed by atoms with E-state index in [1.54, 1.807) is 0 Å². The van der Waals surface area contributed by atoms with Gasteiger partial charge < -0.3 is 11.1 Å². The van der Waals surface area contributed by atoms with E-state index in [2.05, 4.69) is 10.3 Å². The fraction of sp³-hybridized carbons (Fsp3) is 0.250. The number of nitrogens with zero attached hydrogens (tertiary/aromatic N) is 1. The molecule has 1 aliphatic rings. The third-order valence-electron chi connectivity index (χ3n) is 2.52. The van der Waals surface area contributed by atoms with Crippen molar-refractivity contribution >= 4 is 17.6 Å². The minimum atomic E-state index is -1.17. The standard InChI is InChI=1S/C12H13N3O2/c1-7-3-2-4-8(5-7)6-9-14-11(16)10(13)12(17)15-9/h2-5,10H,6,13H2,1H3,(H,14,15,16,17). The maximum Gasteiger partial charge on any atom is 0.273 e. The molecule has 2 amide bonds.